The molecule has 7 heteroatoms. The van der Waals surface area contributed by atoms with E-state index >= 15 is 0 Å². The molecule has 2 heterocycles. The van der Waals surface area contributed by atoms with Crippen LogP contribution in [0.25, 0.3) is 11.5 Å². The second kappa shape index (κ2) is 8.43. The minimum Gasteiger partial charge on any atom is -0.484 e. The molecular weight excluding hydrogens is 373 g/mol. The largest absolute Gasteiger partial charge is 0.484 e. The van der Waals surface area contributed by atoms with E-state index in [9.17, 15) is 9.18 Å². The lowest BCUT2D eigenvalue weighted by atomic mass is 9.97. The van der Waals surface area contributed by atoms with E-state index in [4.69, 9.17) is 9.15 Å². The fraction of sp³-hybridized carbons (Fsp3) is 0.318. The number of rotatable bonds is 5. The van der Waals surface area contributed by atoms with Crippen molar-refractivity contribution in [2.45, 2.75) is 25.7 Å². The molecule has 1 aliphatic rings. The molecule has 1 amide bonds. The molecule has 0 aliphatic carbocycles. The Morgan fingerprint density at radius 3 is 2.66 bits per heavy atom. The Morgan fingerprint density at radius 2 is 1.93 bits per heavy atom. The molecule has 1 aliphatic heterocycles. The van der Waals surface area contributed by atoms with Crippen molar-refractivity contribution >= 4 is 5.91 Å². The monoisotopic (exact) mass is 395 g/mol. The van der Waals surface area contributed by atoms with Gasteiger partial charge < -0.3 is 14.1 Å². The third-order valence-electron chi connectivity index (χ3n) is 5.08. The number of aromatic nitrogens is 2. The molecule has 4 rings (SSSR count). The molecule has 0 spiro atoms. The molecule has 0 bridgehead atoms. The van der Waals surface area contributed by atoms with Crippen molar-refractivity contribution in [1.29, 1.82) is 0 Å². The molecule has 0 atom stereocenters. The van der Waals surface area contributed by atoms with Crippen molar-refractivity contribution in [2.24, 2.45) is 0 Å². The minimum absolute atomic E-state index is 0.0255. The zero-order valence-electron chi connectivity index (χ0n) is 16.2. The summed E-state index contributed by atoms with van der Waals surface area (Å²) < 4.78 is 24.5. The van der Waals surface area contributed by atoms with Crippen molar-refractivity contribution in [3.63, 3.8) is 0 Å². The quantitative estimate of drug-likeness (QED) is 0.654. The number of benzene rings is 2. The number of ether oxygens (including phenoxy) is 1. The van der Waals surface area contributed by atoms with Crippen LogP contribution in [0.3, 0.4) is 0 Å². The van der Waals surface area contributed by atoms with Gasteiger partial charge in [-0.3, -0.25) is 4.79 Å². The average Bonchev–Trinajstić information content (AvgIpc) is 3.23. The van der Waals surface area contributed by atoms with Gasteiger partial charge in [0.05, 0.1) is 0 Å². The van der Waals surface area contributed by atoms with Crippen LogP contribution >= 0.6 is 0 Å². The van der Waals surface area contributed by atoms with Crippen LogP contribution < -0.4 is 4.74 Å². The number of carbonyl (C=O) groups excluding carboxylic acids is 1. The van der Waals surface area contributed by atoms with Gasteiger partial charge in [-0.1, -0.05) is 12.1 Å². The number of hydrogen-bond donors (Lipinski definition) is 0. The first-order valence-corrected chi connectivity index (χ1v) is 9.65. The third-order valence-corrected chi connectivity index (χ3v) is 5.08. The summed E-state index contributed by atoms with van der Waals surface area (Å²) in [6, 6.07) is 13.6. The normalized spacial score (nSPS) is 14.8. The van der Waals surface area contributed by atoms with Crippen molar-refractivity contribution in [3.05, 3.63) is 65.8 Å². The van der Waals surface area contributed by atoms with E-state index in [0.717, 1.165) is 18.4 Å². The third kappa shape index (κ3) is 4.62. The average molecular weight is 395 g/mol. The van der Waals surface area contributed by atoms with E-state index in [1.54, 1.807) is 12.1 Å². The van der Waals surface area contributed by atoms with Gasteiger partial charge in [0.1, 0.15) is 11.6 Å². The Labute approximate surface area is 168 Å². The van der Waals surface area contributed by atoms with Crippen LogP contribution in [0, 0.1) is 12.7 Å². The van der Waals surface area contributed by atoms with Gasteiger partial charge in [-0.2, -0.15) is 0 Å². The van der Waals surface area contributed by atoms with Gasteiger partial charge in [0.2, 0.25) is 11.8 Å². The summed E-state index contributed by atoms with van der Waals surface area (Å²) in [6.45, 7) is 3.26. The number of piperidine rings is 1. The van der Waals surface area contributed by atoms with E-state index in [1.165, 1.54) is 12.1 Å². The second-order valence-corrected chi connectivity index (χ2v) is 7.21. The maximum Gasteiger partial charge on any atom is 0.260 e. The van der Waals surface area contributed by atoms with Gasteiger partial charge in [0.15, 0.2) is 6.61 Å². The van der Waals surface area contributed by atoms with Gasteiger partial charge in [-0.05, 0) is 61.7 Å². The van der Waals surface area contributed by atoms with Gasteiger partial charge >= 0.3 is 0 Å². The summed E-state index contributed by atoms with van der Waals surface area (Å²) in [5.74, 6) is 1.42. The molecule has 150 valence electrons. The topological polar surface area (TPSA) is 68.5 Å². The Balaban J connectivity index is 1.30. The second-order valence-electron chi connectivity index (χ2n) is 7.21. The Morgan fingerprint density at radius 1 is 1.17 bits per heavy atom. The zero-order chi connectivity index (χ0) is 20.2. The van der Waals surface area contributed by atoms with Crippen molar-refractivity contribution in [3.8, 4) is 17.2 Å². The van der Waals surface area contributed by atoms with Crippen LogP contribution in [0.1, 0.15) is 30.2 Å². The fourth-order valence-corrected chi connectivity index (χ4v) is 3.43. The molecular formula is C22H22FN3O3. The number of hydrogen-bond acceptors (Lipinski definition) is 5. The Kier molecular flexibility index (Phi) is 5.55. The van der Waals surface area contributed by atoms with Gasteiger partial charge in [-0.25, -0.2) is 4.39 Å². The molecule has 29 heavy (non-hydrogen) atoms. The number of nitrogens with zero attached hydrogens (tertiary/aromatic N) is 3. The number of aryl methyl sites for hydroxylation is 1. The summed E-state index contributed by atoms with van der Waals surface area (Å²) in [5.41, 5.74) is 1.78. The molecule has 2 aromatic carbocycles. The first-order chi connectivity index (χ1) is 14.1. The highest BCUT2D eigenvalue weighted by Crippen LogP contribution is 2.29. The lowest BCUT2D eigenvalue weighted by molar-refractivity contribution is -0.134. The van der Waals surface area contributed by atoms with Crippen molar-refractivity contribution in [1.82, 2.24) is 15.1 Å². The molecule has 6 nitrogen and oxygen atoms in total. The van der Waals surface area contributed by atoms with Crippen LogP contribution in [0.2, 0.25) is 0 Å². The maximum atomic E-state index is 13.1. The van der Waals surface area contributed by atoms with E-state index in [2.05, 4.69) is 10.2 Å². The molecule has 1 aromatic heterocycles. The molecule has 1 saturated heterocycles. The first-order valence-electron chi connectivity index (χ1n) is 9.65. The summed E-state index contributed by atoms with van der Waals surface area (Å²) in [6.07, 6.45) is 1.50. The van der Waals surface area contributed by atoms with E-state index < -0.39 is 0 Å². The summed E-state index contributed by atoms with van der Waals surface area (Å²) in [7, 11) is 0. The Bertz CT molecular complexity index is 979. The molecule has 0 radical (unpaired) electrons. The predicted octanol–water partition coefficient (Wildman–Crippen LogP) is 3.97. The summed E-state index contributed by atoms with van der Waals surface area (Å²) >= 11 is 0. The van der Waals surface area contributed by atoms with E-state index in [-0.39, 0.29) is 24.2 Å². The van der Waals surface area contributed by atoms with Crippen LogP contribution in [-0.2, 0) is 4.79 Å². The first kappa shape index (κ1) is 19.1. The molecule has 0 saturated carbocycles. The van der Waals surface area contributed by atoms with Crippen LogP contribution in [0.5, 0.6) is 5.75 Å². The maximum absolute atomic E-state index is 13.1. The standard InChI is InChI=1S/C22H22FN3O3/c1-15-3-2-4-19(13-15)28-14-20(27)26-11-9-17(10-12-26)22-25-24-21(29-22)16-5-7-18(23)8-6-16/h2-8,13,17H,9-12,14H2,1H3. The lowest BCUT2D eigenvalue weighted by Gasteiger charge is -2.30. The van der Waals surface area contributed by atoms with Gasteiger partial charge in [0, 0.05) is 24.6 Å². The highest BCUT2D eigenvalue weighted by atomic mass is 19.1. The molecule has 0 N–H and O–H groups in total. The number of halogens is 1. The predicted molar refractivity (Wildman–Crippen MR) is 105 cm³/mol. The van der Waals surface area contributed by atoms with Crippen molar-refractivity contribution < 1.29 is 18.3 Å². The lowest BCUT2D eigenvalue weighted by Crippen LogP contribution is -2.40. The highest BCUT2D eigenvalue weighted by molar-refractivity contribution is 5.77. The highest BCUT2D eigenvalue weighted by Gasteiger charge is 2.27. The zero-order valence-corrected chi connectivity index (χ0v) is 16.2. The molecule has 3 aromatic rings. The minimum atomic E-state index is -0.308. The van der Waals surface area contributed by atoms with Crippen LogP contribution in [0.15, 0.2) is 52.9 Å². The molecule has 1 fully saturated rings. The molecule has 0 unspecified atom stereocenters. The number of likely N-dealkylation sites (tertiary alicyclic amines) is 1. The van der Waals surface area contributed by atoms with E-state index in [0.29, 0.717) is 36.2 Å². The fourth-order valence-electron chi connectivity index (χ4n) is 3.43. The van der Waals surface area contributed by atoms with Gasteiger partial charge in [-0.15, -0.1) is 10.2 Å². The van der Waals surface area contributed by atoms with Crippen LogP contribution in [-0.4, -0.2) is 40.7 Å². The number of carbonyl (C=O) groups is 1. The van der Waals surface area contributed by atoms with Crippen molar-refractivity contribution in [2.75, 3.05) is 19.7 Å². The Hall–Kier alpha value is -3.22. The van der Waals surface area contributed by atoms with Crippen LogP contribution in [0.4, 0.5) is 4.39 Å². The number of amides is 1. The SMILES string of the molecule is Cc1cccc(OCC(=O)N2CCC(c3nnc(-c4ccc(F)cc4)o3)CC2)c1. The summed E-state index contributed by atoms with van der Waals surface area (Å²) in [5, 5.41) is 8.23. The van der Waals surface area contributed by atoms with E-state index in [1.807, 2.05) is 36.1 Å². The smallest absolute Gasteiger partial charge is 0.260 e. The summed E-state index contributed by atoms with van der Waals surface area (Å²) in [4.78, 5) is 14.2. The van der Waals surface area contributed by atoms with Gasteiger partial charge in [0.25, 0.3) is 5.91 Å².